The third-order valence-corrected chi connectivity index (χ3v) is 4.01. The Bertz CT molecular complexity index is 998. The summed E-state index contributed by atoms with van der Waals surface area (Å²) in [5.41, 5.74) is 3.90. The van der Waals surface area contributed by atoms with Gasteiger partial charge in [-0.25, -0.2) is 9.97 Å². The van der Waals surface area contributed by atoms with Crippen molar-refractivity contribution < 1.29 is 0 Å². The number of hydrogen-bond acceptors (Lipinski definition) is 4. The molecule has 0 spiro atoms. The molecule has 0 unspecified atom stereocenters. The van der Waals surface area contributed by atoms with Crippen molar-refractivity contribution in [3.63, 3.8) is 0 Å². The summed E-state index contributed by atoms with van der Waals surface area (Å²) < 4.78 is 2.07. The molecule has 0 fully saturated rings. The van der Waals surface area contributed by atoms with E-state index in [2.05, 4.69) is 62.8 Å². The van der Waals surface area contributed by atoms with Crippen LogP contribution in [0.1, 0.15) is 13.8 Å². The normalized spacial score (nSPS) is 11.5. The summed E-state index contributed by atoms with van der Waals surface area (Å²) in [7, 11) is 0. The van der Waals surface area contributed by atoms with Gasteiger partial charge in [0.05, 0.1) is 17.4 Å². The van der Waals surface area contributed by atoms with Crippen LogP contribution in [0.15, 0.2) is 55.1 Å². The van der Waals surface area contributed by atoms with Crippen molar-refractivity contribution in [1.82, 2.24) is 19.4 Å². The fourth-order valence-electron chi connectivity index (χ4n) is 2.85. The van der Waals surface area contributed by atoms with E-state index >= 15 is 0 Å². The van der Waals surface area contributed by atoms with Crippen LogP contribution in [0, 0.1) is 5.92 Å². The Balaban J connectivity index is 1.87. The monoisotopic (exact) mass is 317 g/mol. The first-order valence-corrected chi connectivity index (χ1v) is 8.14. The van der Waals surface area contributed by atoms with Crippen LogP contribution in [0.5, 0.6) is 0 Å². The molecular weight excluding hydrogens is 298 g/mol. The van der Waals surface area contributed by atoms with E-state index in [1.54, 1.807) is 6.20 Å². The minimum atomic E-state index is 0.545. The van der Waals surface area contributed by atoms with Crippen molar-refractivity contribution in [1.29, 1.82) is 0 Å². The van der Waals surface area contributed by atoms with Gasteiger partial charge < -0.3 is 5.32 Å². The van der Waals surface area contributed by atoms with Crippen LogP contribution in [0.25, 0.3) is 27.8 Å². The standard InChI is InChI=1S/C19H19N5/c1-13(2)11-22-18-19-23-12-16(24(19)10-9-21-18)15-7-3-5-14-6-4-8-20-17(14)15/h3-10,12-13H,11H2,1-2H3,(H,21,22). The van der Waals surface area contributed by atoms with Gasteiger partial charge in [-0.1, -0.05) is 38.1 Å². The van der Waals surface area contributed by atoms with Crippen LogP contribution < -0.4 is 5.32 Å². The average molecular weight is 317 g/mol. The largest absolute Gasteiger partial charge is 0.367 e. The Labute approximate surface area is 140 Å². The molecule has 1 N–H and O–H groups in total. The van der Waals surface area contributed by atoms with Gasteiger partial charge in [-0.05, 0) is 12.0 Å². The van der Waals surface area contributed by atoms with Gasteiger partial charge in [-0.2, -0.15) is 0 Å². The van der Waals surface area contributed by atoms with Gasteiger partial charge in [0.15, 0.2) is 11.5 Å². The third-order valence-electron chi connectivity index (χ3n) is 4.01. The zero-order valence-corrected chi connectivity index (χ0v) is 13.8. The molecule has 0 aliphatic rings. The number of nitrogens with one attached hydrogen (secondary N) is 1. The van der Waals surface area contributed by atoms with Crippen molar-refractivity contribution in [2.24, 2.45) is 5.92 Å². The maximum absolute atomic E-state index is 4.59. The first kappa shape index (κ1) is 14.6. The average Bonchev–Trinajstić information content (AvgIpc) is 3.04. The molecule has 0 radical (unpaired) electrons. The third kappa shape index (κ3) is 2.48. The van der Waals surface area contributed by atoms with Gasteiger partial charge in [0.2, 0.25) is 0 Å². The molecule has 4 aromatic rings. The summed E-state index contributed by atoms with van der Waals surface area (Å²) in [6, 6.07) is 10.2. The summed E-state index contributed by atoms with van der Waals surface area (Å²) >= 11 is 0. The van der Waals surface area contributed by atoms with Gasteiger partial charge in [-0.3, -0.25) is 9.38 Å². The van der Waals surface area contributed by atoms with Crippen molar-refractivity contribution in [3.8, 4) is 11.3 Å². The van der Waals surface area contributed by atoms with E-state index in [0.717, 1.165) is 40.2 Å². The second kappa shape index (κ2) is 5.92. The van der Waals surface area contributed by atoms with Gasteiger partial charge >= 0.3 is 0 Å². The first-order valence-electron chi connectivity index (χ1n) is 8.14. The van der Waals surface area contributed by atoms with E-state index in [1.807, 2.05) is 24.7 Å². The van der Waals surface area contributed by atoms with E-state index < -0.39 is 0 Å². The predicted octanol–water partition coefficient (Wildman–Crippen LogP) is 4.01. The molecule has 3 aromatic heterocycles. The summed E-state index contributed by atoms with van der Waals surface area (Å²) in [6.45, 7) is 5.21. The molecule has 3 heterocycles. The summed E-state index contributed by atoms with van der Waals surface area (Å²) in [5.74, 6) is 1.36. The molecule has 1 aromatic carbocycles. The first-order chi connectivity index (χ1) is 11.7. The topological polar surface area (TPSA) is 55.1 Å². The lowest BCUT2D eigenvalue weighted by atomic mass is 10.1. The van der Waals surface area contributed by atoms with Crippen molar-refractivity contribution in [3.05, 3.63) is 55.1 Å². The Morgan fingerprint density at radius 1 is 1.04 bits per heavy atom. The van der Waals surface area contributed by atoms with E-state index in [4.69, 9.17) is 0 Å². The molecule has 24 heavy (non-hydrogen) atoms. The highest BCUT2D eigenvalue weighted by molar-refractivity contribution is 5.93. The lowest BCUT2D eigenvalue weighted by molar-refractivity contribution is 0.687. The molecule has 120 valence electrons. The van der Waals surface area contributed by atoms with E-state index in [9.17, 15) is 0 Å². The minimum absolute atomic E-state index is 0.545. The maximum Gasteiger partial charge on any atom is 0.180 e. The lowest BCUT2D eigenvalue weighted by Crippen LogP contribution is -2.10. The fourth-order valence-corrected chi connectivity index (χ4v) is 2.85. The molecule has 5 heteroatoms. The number of nitrogens with zero attached hydrogens (tertiary/aromatic N) is 4. The van der Waals surface area contributed by atoms with E-state index in [0.29, 0.717) is 5.92 Å². The van der Waals surface area contributed by atoms with E-state index in [1.165, 1.54) is 0 Å². The van der Waals surface area contributed by atoms with Gasteiger partial charge in [0, 0.05) is 36.1 Å². The van der Waals surface area contributed by atoms with Crippen molar-refractivity contribution >= 4 is 22.4 Å². The van der Waals surface area contributed by atoms with Crippen molar-refractivity contribution in [2.45, 2.75) is 13.8 Å². The zero-order valence-electron chi connectivity index (χ0n) is 13.8. The van der Waals surface area contributed by atoms with Crippen LogP contribution in [0.4, 0.5) is 5.82 Å². The van der Waals surface area contributed by atoms with Crippen LogP contribution in [0.2, 0.25) is 0 Å². The maximum atomic E-state index is 4.59. The smallest absolute Gasteiger partial charge is 0.180 e. The second-order valence-corrected chi connectivity index (χ2v) is 6.27. The highest BCUT2D eigenvalue weighted by atomic mass is 15.1. The van der Waals surface area contributed by atoms with Crippen LogP contribution >= 0.6 is 0 Å². The Morgan fingerprint density at radius 3 is 2.79 bits per heavy atom. The Hall–Kier alpha value is -2.95. The van der Waals surface area contributed by atoms with Gasteiger partial charge in [0.25, 0.3) is 0 Å². The molecule has 0 aliphatic heterocycles. The second-order valence-electron chi connectivity index (χ2n) is 6.27. The molecular formula is C19H19N5. The SMILES string of the molecule is CC(C)CNc1nccn2c(-c3cccc4cccnc34)cnc12. The van der Waals surface area contributed by atoms with Gasteiger partial charge in [0.1, 0.15) is 0 Å². The molecule has 0 saturated carbocycles. The van der Waals surface area contributed by atoms with Crippen LogP contribution in [-0.2, 0) is 0 Å². The number of rotatable bonds is 4. The number of benzene rings is 1. The van der Waals surface area contributed by atoms with Crippen LogP contribution in [-0.4, -0.2) is 25.9 Å². The molecule has 0 bridgehead atoms. The number of aromatic nitrogens is 4. The summed E-state index contributed by atoms with van der Waals surface area (Å²) in [4.78, 5) is 13.6. The fraction of sp³-hybridized carbons (Fsp3) is 0.211. The zero-order chi connectivity index (χ0) is 16.5. The molecule has 0 atom stereocenters. The molecule has 0 aliphatic carbocycles. The highest BCUT2D eigenvalue weighted by Gasteiger charge is 2.13. The summed E-state index contributed by atoms with van der Waals surface area (Å²) in [6.07, 6.45) is 7.46. The molecule has 0 saturated heterocycles. The quantitative estimate of drug-likeness (QED) is 0.618. The number of anilines is 1. The summed E-state index contributed by atoms with van der Waals surface area (Å²) in [5, 5.41) is 4.50. The van der Waals surface area contributed by atoms with Gasteiger partial charge in [-0.15, -0.1) is 0 Å². The number of hydrogen-bond donors (Lipinski definition) is 1. The number of pyridine rings is 1. The van der Waals surface area contributed by atoms with Crippen molar-refractivity contribution in [2.75, 3.05) is 11.9 Å². The highest BCUT2D eigenvalue weighted by Crippen LogP contribution is 2.28. The number of imidazole rings is 1. The lowest BCUT2D eigenvalue weighted by Gasteiger charge is -2.10. The predicted molar refractivity (Wildman–Crippen MR) is 97.1 cm³/mol. The number of para-hydroxylation sites is 1. The minimum Gasteiger partial charge on any atom is -0.367 e. The van der Waals surface area contributed by atoms with E-state index in [-0.39, 0.29) is 0 Å². The molecule has 4 rings (SSSR count). The van der Waals surface area contributed by atoms with Crippen LogP contribution in [0.3, 0.4) is 0 Å². The molecule has 0 amide bonds. The Kier molecular flexibility index (Phi) is 3.61. The Morgan fingerprint density at radius 2 is 1.92 bits per heavy atom. The molecule has 5 nitrogen and oxygen atoms in total. The number of fused-ring (bicyclic) bond motifs is 2.